The molecule has 1 aliphatic heterocycles. The molecule has 2 aromatic rings. The summed E-state index contributed by atoms with van der Waals surface area (Å²) < 4.78 is 37.6. The van der Waals surface area contributed by atoms with Gasteiger partial charge in [-0.15, -0.1) is 0 Å². The molecule has 1 aromatic carbocycles. The van der Waals surface area contributed by atoms with Crippen molar-refractivity contribution in [1.29, 1.82) is 0 Å². The molecule has 0 bridgehead atoms. The molecule has 0 aliphatic carbocycles. The van der Waals surface area contributed by atoms with Crippen molar-refractivity contribution in [3.63, 3.8) is 0 Å². The van der Waals surface area contributed by atoms with Crippen molar-refractivity contribution in [2.45, 2.75) is 12.8 Å². The van der Waals surface area contributed by atoms with Crippen LogP contribution in [-0.2, 0) is 6.42 Å². The Labute approximate surface area is 155 Å². The largest absolute Gasteiger partial charge is 0.493 e. The number of hydrogen-bond acceptors (Lipinski definition) is 5. The SMILES string of the molecule is COc1ccc(CCNC(=O)c2cnn3c2NCC=C3C(F)F)cc1OC. The standard InChI is InChI=1S/C18H20F2N4O3/c1-26-14-4-3-11(9-15(14)27-2)5-7-22-18(25)12-10-23-24-13(16(19)20)6-8-21-17(12)24/h3-4,6,9-10,16,21H,5,7-8H2,1-2H3,(H,22,25). The minimum Gasteiger partial charge on any atom is -0.493 e. The number of carbonyl (C=O) groups excluding carboxylic acids is 1. The number of allylic oxidation sites excluding steroid dienone is 1. The van der Waals surface area contributed by atoms with Crippen LogP contribution >= 0.6 is 0 Å². The number of rotatable bonds is 7. The molecule has 1 aliphatic rings. The van der Waals surface area contributed by atoms with Crippen LogP contribution in [0.15, 0.2) is 30.5 Å². The van der Waals surface area contributed by atoms with Crippen molar-refractivity contribution < 1.29 is 23.0 Å². The van der Waals surface area contributed by atoms with Gasteiger partial charge in [-0.05, 0) is 30.2 Å². The zero-order valence-electron chi connectivity index (χ0n) is 15.0. The molecule has 0 fully saturated rings. The van der Waals surface area contributed by atoms with Gasteiger partial charge in [0.25, 0.3) is 12.3 Å². The van der Waals surface area contributed by atoms with Crippen LogP contribution in [0.2, 0.25) is 0 Å². The number of hydrogen-bond donors (Lipinski definition) is 2. The summed E-state index contributed by atoms with van der Waals surface area (Å²) >= 11 is 0. The third-order valence-corrected chi connectivity index (χ3v) is 4.21. The lowest BCUT2D eigenvalue weighted by Gasteiger charge is -2.18. The Morgan fingerprint density at radius 3 is 2.81 bits per heavy atom. The quantitative estimate of drug-likeness (QED) is 0.774. The number of nitrogens with one attached hydrogen (secondary N) is 2. The van der Waals surface area contributed by atoms with Crippen LogP contribution < -0.4 is 20.1 Å². The molecule has 0 atom stereocenters. The molecule has 0 spiro atoms. The minimum atomic E-state index is -2.66. The second kappa shape index (κ2) is 8.07. The first-order chi connectivity index (χ1) is 13.0. The van der Waals surface area contributed by atoms with E-state index in [4.69, 9.17) is 9.47 Å². The van der Waals surface area contributed by atoms with Gasteiger partial charge in [-0.25, -0.2) is 13.5 Å². The summed E-state index contributed by atoms with van der Waals surface area (Å²) in [5, 5.41) is 9.60. The predicted octanol–water partition coefficient (Wildman–Crippen LogP) is 2.40. The Morgan fingerprint density at radius 2 is 2.11 bits per heavy atom. The molecule has 1 amide bonds. The van der Waals surface area contributed by atoms with E-state index in [0.29, 0.717) is 24.5 Å². The van der Waals surface area contributed by atoms with Crippen molar-refractivity contribution in [1.82, 2.24) is 15.1 Å². The van der Waals surface area contributed by atoms with E-state index in [-0.39, 0.29) is 29.5 Å². The molecule has 9 heteroatoms. The molecular weight excluding hydrogens is 358 g/mol. The van der Waals surface area contributed by atoms with Crippen LogP contribution in [0.1, 0.15) is 15.9 Å². The number of aromatic nitrogens is 2. The molecule has 7 nitrogen and oxygen atoms in total. The number of ether oxygens (including phenoxy) is 2. The van der Waals surface area contributed by atoms with Gasteiger partial charge in [-0.1, -0.05) is 6.07 Å². The Kier molecular flexibility index (Phi) is 5.58. The van der Waals surface area contributed by atoms with Gasteiger partial charge >= 0.3 is 0 Å². The summed E-state index contributed by atoms with van der Waals surface area (Å²) in [4.78, 5) is 12.4. The number of carbonyl (C=O) groups is 1. The van der Waals surface area contributed by atoms with E-state index in [1.165, 1.54) is 12.3 Å². The van der Waals surface area contributed by atoms with E-state index in [2.05, 4.69) is 15.7 Å². The fourth-order valence-electron chi connectivity index (χ4n) is 2.85. The highest BCUT2D eigenvalue weighted by molar-refractivity contribution is 5.99. The van der Waals surface area contributed by atoms with Crippen molar-refractivity contribution in [2.75, 3.05) is 32.6 Å². The Morgan fingerprint density at radius 1 is 1.33 bits per heavy atom. The van der Waals surface area contributed by atoms with Gasteiger partial charge in [-0.2, -0.15) is 5.10 Å². The van der Waals surface area contributed by atoms with Crippen molar-refractivity contribution in [3.05, 3.63) is 41.6 Å². The van der Waals surface area contributed by atoms with Crippen LogP contribution in [0.4, 0.5) is 14.6 Å². The van der Waals surface area contributed by atoms with E-state index in [0.717, 1.165) is 10.2 Å². The highest BCUT2D eigenvalue weighted by Crippen LogP contribution is 2.28. The number of methoxy groups -OCH3 is 2. The first-order valence-electron chi connectivity index (χ1n) is 8.34. The summed E-state index contributed by atoms with van der Waals surface area (Å²) in [6.45, 7) is 0.591. The number of amides is 1. The predicted molar refractivity (Wildman–Crippen MR) is 96.6 cm³/mol. The van der Waals surface area contributed by atoms with Crippen LogP contribution in [0.3, 0.4) is 0 Å². The minimum absolute atomic E-state index is 0.220. The molecule has 2 heterocycles. The lowest BCUT2D eigenvalue weighted by molar-refractivity contribution is 0.0955. The normalized spacial score (nSPS) is 12.9. The zero-order valence-corrected chi connectivity index (χ0v) is 15.0. The maximum Gasteiger partial charge on any atom is 0.280 e. The monoisotopic (exact) mass is 378 g/mol. The maximum absolute atomic E-state index is 13.0. The van der Waals surface area contributed by atoms with Crippen molar-refractivity contribution in [2.24, 2.45) is 0 Å². The molecule has 144 valence electrons. The molecule has 0 saturated heterocycles. The smallest absolute Gasteiger partial charge is 0.280 e. The topological polar surface area (TPSA) is 77.4 Å². The molecule has 27 heavy (non-hydrogen) atoms. The van der Waals surface area contributed by atoms with Gasteiger partial charge in [0.05, 0.1) is 20.4 Å². The summed E-state index contributed by atoms with van der Waals surface area (Å²) in [6.07, 6.45) is 0.552. The van der Waals surface area contributed by atoms with Gasteiger partial charge in [0.1, 0.15) is 17.1 Å². The third-order valence-electron chi connectivity index (χ3n) is 4.21. The van der Waals surface area contributed by atoms with Gasteiger partial charge in [-0.3, -0.25) is 4.79 Å². The molecule has 3 rings (SSSR count). The average Bonchev–Trinajstić information content (AvgIpc) is 3.11. The fraction of sp³-hybridized carbons (Fsp3) is 0.333. The fourth-order valence-corrected chi connectivity index (χ4v) is 2.85. The van der Waals surface area contributed by atoms with Gasteiger partial charge < -0.3 is 20.1 Å². The van der Waals surface area contributed by atoms with Crippen LogP contribution in [0.5, 0.6) is 11.5 Å². The lowest BCUT2D eigenvalue weighted by Crippen LogP contribution is -2.27. The molecule has 2 N–H and O–H groups in total. The molecule has 0 radical (unpaired) electrons. The number of benzene rings is 1. The van der Waals surface area contributed by atoms with Crippen LogP contribution in [0, 0.1) is 0 Å². The van der Waals surface area contributed by atoms with Gasteiger partial charge in [0.15, 0.2) is 11.5 Å². The second-order valence-electron chi connectivity index (χ2n) is 5.82. The zero-order chi connectivity index (χ0) is 19.4. The number of fused-ring (bicyclic) bond motifs is 1. The van der Waals surface area contributed by atoms with E-state index >= 15 is 0 Å². The number of halogens is 2. The van der Waals surface area contributed by atoms with E-state index in [1.54, 1.807) is 20.3 Å². The average molecular weight is 378 g/mol. The van der Waals surface area contributed by atoms with Gasteiger partial charge in [0, 0.05) is 13.1 Å². The summed E-state index contributed by atoms with van der Waals surface area (Å²) in [6, 6.07) is 5.52. The molecular formula is C18H20F2N4O3. The Balaban J connectivity index is 1.63. The van der Waals surface area contributed by atoms with Gasteiger partial charge in [0.2, 0.25) is 0 Å². The third kappa shape index (κ3) is 3.86. The van der Waals surface area contributed by atoms with E-state index in [9.17, 15) is 13.6 Å². The Hall–Kier alpha value is -3.10. The Bertz CT molecular complexity index is 864. The number of nitrogens with zero attached hydrogens (tertiary/aromatic N) is 2. The molecule has 0 saturated carbocycles. The summed E-state index contributed by atoms with van der Waals surface area (Å²) in [5.74, 6) is 1.14. The van der Waals surface area contributed by atoms with E-state index < -0.39 is 6.43 Å². The van der Waals surface area contributed by atoms with E-state index in [1.807, 2.05) is 12.1 Å². The number of alkyl halides is 2. The van der Waals surface area contributed by atoms with Crippen molar-refractivity contribution >= 4 is 17.4 Å². The summed E-state index contributed by atoms with van der Waals surface area (Å²) in [5.41, 5.74) is 0.965. The maximum atomic E-state index is 13.0. The second-order valence-corrected chi connectivity index (χ2v) is 5.82. The van der Waals surface area contributed by atoms with Crippen LogP contribution in [-0.4, -0.2) is 49.4 Å². The lowest BCUT2D eigenvalue weighted by atomic mass is 10.1. The summed E-state index contributed by atoms with van der Waals surface area (Å²) in [7, 11) is 3.12. The first kappa shape index (κ1) is 18.7. The molecule has 0 unspecified atom stereocenters. The number of anilines is 1. The van der Waals surface area contributed by atoms with Crippen LogP contribution in [0.25, 0.3) is 5.70 Å². The highest BCUT2D eigenvalue weighted by atomic mass is 19.3. The molecule has 1 aromatic heterocycles. The highest BCUT2D eigenvalue weighted by Gasteiger charge is 2.25. The van der Waals surface area contributed by atoms with Crippen molar-refractivity contribution in [3.8, 4) is 11.5 Å². The first-order valence-corrected chi connectivity index (χ1v) is 8.34.